The van der Waals surface area contributed by atoms with Gasteiger partial charge < -0.3 is 4.84 Å². The lowest BCUT2D eigenvalue weighted by atomic mass is 10.2. The second kappa shape index (κ2) is 4.50. The van der Waals surface area contributed by atoms with Gasteiger partial charge in [-0.05, 0) is 6.92 Å². The van der Waals surface area contributed by atoms with Gasteiger partial charge in [-0.3, -0.25) is 0 Å². The van der Waals surface area contributed by atoms with Crippen LogP contribution in [-0.4, -0.2) is 12.2 Å². The standard InChI is InChI=1S/C6H8N2O2/c1-5(3-7)4-8-10-6(2)9/h4-5H,1-2H3. The number of hydrogen-bond acceptors (Lipinski definition) is 4. The number of rotatable bonds is 2. The van der Waals surface area contributed by atoms with E-state index in [9.17, 15) is 4.79 Å². The fraction of sp³-hybridized carbons (Fsp3) is 0.500. The van der Waals surface area contributed by atoms with Crippen LogP contribution in [0.25, 0.3) is 0 Å². The smallest absolute Gasteiger partial charge is 0.319 e. The molecule has 4 nitrogen and oxygen atoms in total. The normalized spacial score (nSPS) is 12.5. The average molecular weight is 140 g/mol. The molecule has 0 rings (SSSR count). The van der Waals surface area contributed by atoms with Crippen molar-refractivity contribution < 1.29 is 9.63 Å². The molecule has 0 radical (unpaired) electrons. The highest BCUT2D eigenvalue weighted by Gasteiger charge is 1.92. The van der Waals surface area contributed by atoms with Crippen molar-refractivity contribution in [1.29, 1.82) is 5.26 Å². The lowest BCUT2D eigenvalue weighted by Gasteiger charge is -1.89. The van der Waals surface area contributed by atoms with Gasteiger partial charge in [0, 0.05) is 6.92 Å². The number of hydrogen-bond donors (Lipinski definition) is 0. The molecule has 0 spiro atoms. The van der Waals surface area contributed by atoms with E-state index in [0.717, 1.165) is 0 Å². The second-order valence-corrected chi connectivity index (χ2v) is 1.76. The van der Waals surface area contributed by atoms with Crippen LogP contribution in [0.15, 0.2) is 5.16 Å². The van der Waals surface area contributed by atoms with Crippen molar-refractivity contribution in [2.24, 2.45) is 11.1 Å². The summed E-state index contributed by atoms with van der Waals surface area (Å²) in [4.78, 5) is 14.3. The maximum absolute atomic E-state index is 10.1. The molecule has 0 N–H and O–H groups in total. The topological polar surface area (TPSA) is 62.4 Å². The number of nitriles is 1. The summed E-state index contributed by atoms with van der Waals surface area (Å²) >= 11 is 0. The minimum atomic E-state index is -0.485. The summed E-state index contributed by atoms with van der Waals surface area (Å²) < 4.78 is 0. The van der Waals surface area contributed by atoms with Gasteiger partial charge in [-0.1, -0.05) is 5.16 Å². The number of carbonyl (C=O) groups is 1. The Balaban J connectivity index is 3.58. The van der Waals surface area contributed by atoms with Crippen LogP contribution in [0.4, 0.5) is 0 Å². The number of nitrogens with zero attached hydrogens (tertiary/aromatic N) is 2. The van der Waals surface area contributed by atoms with Crippen LogP contribution in [0.2, 0.25) is 0 Å². The van der Waals surface area contributed by atoms with Crippen molar-refractivity contribution in [3.05, 3.63) is 0 Å². The van der Waals surface area contributed by atoms with Crippen LogP contribution in [0.3, 0.4) is 0 Å². The predicted molar refractivity (Wildman–Crippen MR) is 35.0 cm³/mol. The Morgan fingerprint density at radius 1 is 1.90 bits per heavy atom. The molecule has 0 bridgehead atoms. The average Bonchev–Trinajstić information content (AvgIpc) is 1.87. The maximum atomic E-state index is 10.1. The van der Waals surface area contributed by atoms with E-state index >= 15 is 0 Å². The minimum absolute atomic E-state index is 0.320. The summed E-state index contributed by atoms with van der Waals surface area (Å²) in [6.45, 7) is 2.89. The van der Waals surface area contributed by atoms with Gasteiger partial charge in [0.2, 0.25) is 0 Å². The van der Waals surface area contributed by atoms with Crippen LogP contribution in [0, 0.1) is 17.2 Å². The molecule has 0 amide bonds. The highest BCUT2D eigenvalue weighted by Crippen LogP contribution is 1.86. The first-order valence-electron chi connectivity index (χ1n) is 2.77. The summed E-state index contributed by atoms with van der Waals surface area (Å²) in [5.41, 5.74) is 0. The van der Waals surface area contributed by atoms with E-state index in [1.807, 2.05) is 6.07 Å². The SMILES string of the molecule is CC(=O)ON=CC(C)C#N. The third-order valence-corrected chi connectivity index (χ3v) is 0.669. The van der Waals surface area contributed by atoms with Crippen molar-refractivity contribution in [3.63, 3.8) is 0 Å². The highest BCUT2D eigenvalue weighted by molar-refractivity contribution is 5.68. The Morgan fingerprint density at radius 3 is 2.90 bits per heavy atom. The van der Waals surface area contributed by atoms with E-state index in [0.29, 0.717) is 0 Å². The molecule has 1 atom stereocenters. The van der Waals surface area contributed by atoms with E-state index in [2.05, 4.69) is 9.99 Å². The molecule has 0 aliphatic heterocycles. The van der Waals surface area contributed by atoms with Gasteiger partial charge in [-0.15, -0.1) is 0 Å². The first-order chi connectivity index (χ1) is 4.66. The fourth-order valence-corrected chi connectivity index (χ4v) is 0.229. The zero-order chi connectivity index (χ0) is 7.98. The van der Waals surface area contributed by atoms with Gasteiger partial charge in [0.15, 0.2) is 0 Å². The molecule has 0 saturated carbocycles. The Bertz CT molecular complexity index is 181. The molecule has 0 heterocycles. The van der Waals surface area contributed by atoms with Crippen molar-refractivity contribution in [2.45, 2.75) is 13.8 Å². The van der Waals surface area contributed by atoms with Gasteiger partial charge >= 0.3 is 5.97 Å². The van der Waals surface area contributed by atoms with Crippen LogP contribution >= 0.6 is 0 Å². The summed E-state index contributed by atoms with van der Waals surface area (Å²) in [6, 6.07) is 1.90. The van der Waals surface area contributed by atoms with Gasteiger partial charge in [0.05, 0.1) is 18.2 Å². The lowest BCUT2D eigenvalue weighted by molar-refractivity contribution is -0.140. The summed E-state index contributed by atoms with van der Waals surface area (Å²) in [6.07, 6.45) is 1.27. The van der Waals surface area contributed by atoms with E-state index in [-0.39, 0.29) is 5.92 Å². The molecule has 0 saturated heterocycles. The number of oxime groups is 1. The first-order valence-corrected chi connectivity index (χ1v) is 2.77. The number of carbonyl (C=O) groups excluding carboxylic acids is 1. The molecule has 1 unspecified atom stereocenters. The van der Waals surface area contributed by atoms with E-state index in [1.54, 1.807) is 6.92 Å². The summed E-state index contributed by atoms with van der Waals surface area (Å²) in [5.74, 6) is -0.805. The Labute approximate surface area is 59.1 Å². The van der Waals surface area contributed by atoms with Gasteiger partial charge in [-0.2, -0.15) is 5.26 Å². The molecule has 0 aliphatic rings. The zero-order valence-corrected chi connectivity index (χ0v) is 5.87. The molecule has 0 aromatic rings. The quantitative estimate of drug-likeness (QED) is 0.322. The molecular formula is C6H8N2O2. The maximum Gasteiger partial charge on any atom is 0.331 e. The van der Waals surface area contributed by atoms with Crippen molar-refractivity contribution in [1.82, 2.24) is 0 Å². The van der Waals surface area contributed by atoms with Gasteiger partial charge in [0.25, 0.3) is 0 Å². The molecule has 4 heteroatoms. The Kier molecular flexibility index (Phi) is 3.89. The molecular weight excluding hydrogens is 132 g/mol. The third kappa shape index (κ3) is 4.78. The van der Waals surface area contributed by atoms with E-state index in [1.165, 1.54) is 13.1 Å². The monoisotopic (exact) mass is 140 g/mol. The van der Waals surface area contributed by atoms with Gasteiger partial charge in [0.1, 0.15) is 0 Å². The van der Waals surface area contributed by atoms with Crippen LogP contribution in [0.5, 0.6) is 0 Å². The van der Waals surface area contributed by atoms with Crippen molar-refractivity contribution >= 4 is 12.2 Å². The van der Waals surface area contributed by atoms with Crippen molar-refractivity contribution in [3.8, 4) is 6.07 Å². The largest absolute Gasteiger partial charge is 0.331 e. The Morgan fingerprint density at radius 2 is 2.50 bits per heavy atom. The molecule has 10 heavy (non-hydrogen) atoms. The van der Waals surface area contributed by atoms with Crippen LogP contribution in [-0.2, 0) is 9.63 Å². The van der Waals surface area contributed by atoms with Crippen molar-refractivity contribution in [2.75, 3.05) is 0 Å². The lowest BCUT2D eigenvalue weighted by Crippen LogP contribution is -1.95. The summed E-state index contributed by atoms with van der Waals surface area (Å²) in [7, 11) is 0. The third-order valence-electron chi connectivity index (χ3n) is 0.669. The van der Waals surface area contributed by atoms with Crippen LogP contribution < -0.4 is 0 Å². The highest BCUT2D eigenvalue weighted by atomic mass is 16.7. The molecule has 0 fully saturated rings. The molecule has 0 aromatic carbocycles. The van der Waals surface area contributed by atoms with E-state index in [4.69, 9.17) is 5.26 Å². The Hall–Kier alpha value is -1.37. The molecule has 0 aliphatic carbocycles. The zero-order valence-electron chi connectivity index (χ0n) is 5.87. The predicted octanol–water partition coefficient (Wildman–Crippen LogP) is 0.695. The molecule has 54 valence electrons. The molecule has 0 aromatic heterocycles. The summed E-state index contributed by atoms with van der Waals surface area (Å²) in [5, 5.41) is 11.5. The minimum Gasteiger partial charge on any atom is -0.319 e. The van der Waals surface area contributed by atoms with Gasteiger partial charge in [-0.25, -0.2) is 4.79 Å². The van der Waals surface area contributed by atoms with Crippen LogP contribution in [0.1, 0.15) is 13.8 Å². The second-order valence-electron chi connectivity index (χ2n) is 1.76. The first kappa shape index (κ1) is 8.63. The van der Waals surface area contributed by atoms with E-state index < -0.39 is 5.97 Å². The fourth-order valence-electron chi connectivity index (χ4n) is 0.229.